The molecule has 0 bridgehead atoms. The average molecular weight is 570 g/mol. The third-order valence-electron chi connectivity index (χ3n) is 6.19. The highest BCUT2D eigenvalue weighted by Gasteiger charge is 2.35. The van der Waals surface area contributed by atoms with Crippen LogP contribution in [0.5, 0.6) is 0 Å². The van der Waals surface area contributed by atoms with Crippen LogP contribution in [0.3, 0.4) is 0 Å². The van der Waals surface area contributed by atoms with E-state index in [1.807, 2.05) is 6.07 Å². The number of benzene rings is 3. The Kier molecular flexibility index (Phi) is 8.12. The predicted molar refractivity (Wildman–Crippen MR) is 148 cm³/mol. The Morgan fingerprint density at radius 2 is 1.70 bits per heavy atom. The summed E-state index contributed by atoms with van der Waals surface area (Å²) < 4.78 is 58.5. The number of carbonyl (C=O) groups excluding carboxylic acids is 1. The zero-order chi connectivity index (χ0) is 29.2. The van der Waals surface area contributed by atoms with Gasteiger partial charge < -0.3 is 15.0 Å². The standard InChI is InChI=1S/C28H26F3N5O3S/c1-17-34-26(28(29,30)31)16-35(17)23-12-11-21(20-5-4-6-22(13-20)40(3)38)14-24(23)36(33)25(15-32)18-7-9-19(10-8-18)27(37)39-2/h4-16H,32-33H2,1-3H3/b25-15-. The normalized spacial score (nSPS) is 12.7. The van der Waals surface area contributed by atoms with Crippen molar-refractivity contribution in [3.63, 3.8) is 0 Å². The van der Waals surface area contributed by atoms with Gasteiger partial charge in [-0.2, -0.15) is 13.2 Å². The lowest BCUT2D eigenvalue weighted by molar-refractivity contribution is -0.141. The van der Waals surface area contributed by atoms with E-state index in [9.17, 15) is 22.2 Å². The van der Waals surface area contributed by atoms with Gasteiger partial charge in [-0.05, 0) is 54.4 Å². The molecule has 0 aliphatic rings. The topological polar surface area (TPSA) is 116 Å². The first-order valence-corrected chi connectivity index (χ1v) is 13.4. The number of carbonyl (C=O) groups is 1. The lowest BCUT2D eigenvalue weighted by Gasteiger charge is -2.26. The number of hydrazine groups is 1. The number of rotatable bonds is 7. The molecule has 208 valence electrons. The molecule has 0 fully saturated rings. The maximum Gasteiger partial charge on any atom is 0.434 e. The first-order valence-electron chi connectivity index (χ1n) is 11.8. The van der Waals surface area contributed by atoms with Gasteiger partial charge in [0.15, 0.2) is 5.69 Å². The highest BCUT2D eigenvalue weighted by atomic mass is 32.2. The number of imidazole rings is 1. The van der Waals surface area contributed by atoms with Gasteiger partial charge >= 0.3 is 12.1 Å². The molecule has 4 N–H and O–H groups in total. The molecule has 4 aromatic rings. The molecule has 4 rings (SSSR count). The number of halogens is 3. The van der Waals surface area contributed by atoms with Crippen LogP contribution in [0.2, 0.25) is 0 Å². The van der Waals surface area contributed by atoms with E-state index in [1.165, 1.54) is 29.8 Å². The smallest absolute Gasteiger partial charge is 0.434 e. The molecule has 40 heavy (non-hydrogen) atoms. The Morgan fingerprint density at radius 1 is 1.05 bits per heavy atom. The van der Waals surface area contributed by atoms with Crippen LogP contribution in [0.4, 0.5) is 18.9 Å². The molecule has 0 spiro atoms. The third-order valence-corrected chi connectivity index (χ3v) is 7.10. The summed E-state index contributed by atoms with van der Waals surface area (Å²) in [7, 11) is 0.0489. The van der Waals surface area contributed by atoms with E-state index in [0.29, 0.717) is 38.7 Å². The Morgan fingerprint density at radius 3 is 2.27 bits per heavy atom. The minimum atomic E-state index is -4.64. The van der Waals surface area contributed by atoms with Crippen molar-refractivity contribution in [2.24, 2.45) is 11.6 Å². The first-order chi connectivity index (χ1) is 18.9. The Bertz CT molecular complexity index is 1610. The van der Waals surface area contributed by atoms with Crippen molar-refractivity contribution in [2.75, 3.05) is 18.4 Å². The fraction of sp³-hybridized carbons (Fsp3) is 0.143. The number of ether oxygens (including phenoxy) is 1. The lowest BCUT2D eigenvalue weighted by atomic mass is 10.0. The Balaban J connectivity index is 1.88. The van der Waals surface area contributed by atoms with Gasteiger partial charge in [0.25, 0.3) is 0 Å². The van der Waals surface area contributed by atoms with Crippen LogP contribution in [0.1, 0.15) is 27.4 Å². The van der Waals surface area contributed by atoms with Crippen LogP contribution in [0.15, 0.2) is 84.0 Å². The van der Waals surface area contributed by atoms with Crippen LogP contribution in [-0.2, 0) is 21.7 Å². The SMILES string of the molecule is COC(=O)c1ccc(/C(=C/N)N(N)c2cc(-c3cccc(S(C)=O)c3)ccc2-n2cc(C(F)(F)F)nc2C)cc1. The maximum absolute atomic E-state index is 13.5. The van der Waals surface area contributed by atoms with Crippen molar-refractivity contribution in [2.45, 2.75) is 18.0 Å². The van der Waals surface area contributed by atoms with E-state index in [1.54, 1.807) is 66.9 Å². The van der Waals surface area contributed by atoms with E-state index in [2.05, 4.69) is 4.98 Å². The predicted octanol–water partition coefficient (Wildman–Crippen LogP) is 5.03. The molecule has 8 nitrogen and oxygen atoms in total. The van der Waals surface area contributed by atoms with Gasteiger partial charge in [-0.15, -0.1) is 0 Å². The second-order valence-corrected chi connectivity index (χ2v) is 10.1. The van der Waals surface area contributed by atoms with Gasteiger partial charge in [-0.1, -0.05) is 30.3 Å². The maximum atomic E-state index is 13.5. The number of hydrogen-bond acceptors (Lipinski definition) is 7. The van der Waals surface area contributed by atoms with Crippen molar-refractivity contribution < 1.29 is 26.9 Å². The summed E-state index contributed by atoms with van der Waals surface area (Å²) in [6.07, 6.45) is -0.913. The molecule has 3 aromatic carbocycles. The second kappa shape index (κ2) is 11.4. The minimum absolute atomic E-state index is 0.0961. The van der Waals surface area contributed by atoms with Gasteiger partial charge in [0.2, 0.25) is 0 Å². The van der Waals surface area contributed by atoms with Gasteiger partial charge in [0.05, 0.1) is 29.7 Å². The monoisotopic (exact) mass is 569 g/mol. The van der Waals surface area contributed by atoms with E-state index >= 15 is 0 Å². The molecule has 12 heteroatoms. The van der Waals surface area contributed by atoms with Gasteiger partial charge in [-0.3, -0.25) is 9.22 Å². The van der Waals surface area contributed by atoms with E-state index in [-0.39, 0.29) is 5.82 Å². The fourth-order valence-corrected chi connectivity index (χ4v) is 4.71. The van der Waals surface area contributed by atoms with Crippen molar-refractivity contribution in [1.29, 1.82) is 0 Å². The zero-order valence-corrected chi connectivity index (χ0v) is 22.6. The number of aromatic nitrogens is 2. The number of aryl methyl sites for hydroxylation is 1. The van der Waals surface area contributed by atoms with E-state index < -0.39 is 28.6 Å². The summed E-state index contributed by atoms with van der Waals surface area (Å²) in [5.74, 6) is 6.18. The molecule has 1 atom stereocenters. The molecular weight excluding hydrogens is 543 g/mol. The average Bonchev–Trinajstić information content (AvgIpc) is 3.35. The molecule has 0 saturated carbocycles. The molecule has 1 aromatic heterocycles. The van der Waals surface area contributed by atoms with Crippen LogP contribution >= 0.6 is 0 Å². The fourth-order valence-electron chi connectivity index (χ4n) is 4.15. The second-order valence-electron chi connectivity index (χ2n) is 8.72. The van der Waals surface area contributed by atoms with Crippen molar-refractivity contribution >= 4 is 28.2 Å². The Labute approximate surface area is 231 Å². The van der Waals surface area contributed by atoms with Crippen molar-refractivity contribution in [3.8, 4) is 16.8 Å². The van der Waals surface area contributed by atoms with E-state index in [4.69, 9.17) is 16.3 Å². The largest absolute Gasteiger partial charge is 0.465 e. The van der Waals surface area contributed by atoms with Crippen LogP contribution in [0.25, 0.3) is 22.5 Å². The molecular formula is C28H26F3N5O3S. The summed E-state index contributed by atoms with van der Waals surface area (Å²) in [5.41, 5.74) is 8.12. The molecule has 0 radical (unpaired) electrons. The summed E-state index contributed by atoms with van der Waals surface area (Å²) in [4.78, 5) is 16.2. The quantitative estimate of drug-likeness (QED) is 0.182. The van der Waals surface area contributed by atoms with Crippen molar-refractivity contribution in [1.82, 2.24) is 9.55 Å². The summed E-state index contributed by atoms with van der Waals surface area (Å²) in [6.45, 7) is 1.46. The molecule has 0 amide bonds. The molecule has 0 saturated heterocycles. The lowest BCUT2D eigenvalue weighted by Crippen LogP contribution is -2.31. The van der Waals surface area contributed by atoms with Crippen molar-refractivity contribution in [3.05, 3.63) is 102 Å². The summed E-state index contributed by atoms with van der Waals surface area (Å²) in [5, 5.41) is 1.25. The molecule has 1 unspecified atom stereocenters. The Hall–Kier alpha value is -4.42. The number of methoxy groups -OCH3 is 1. The number of alkyl halides is 3. The first kappa shape index (κ1) is 28.6. The van der Waals surface area contributed by atoms with Crippen LogP contribution in [0, 0.1) is 6.92 Å². The summed E-state index contributed by atoms with van der Waals surface area (Å²) >= 11 is 0. The number of nitrogens with two attached hydrogens (primary N) is 2. The number of anilines is 1. The molecule has 1 heterocycles. The summed E-state index contributed by atoms with van der Waals surface area (Å²) in [6, 6.07) is 18.5. The van der Waals surface area contributed by atoms with Crippen LogP contribution < -0.4 is 16.6 Å². The van der Waals surface area contributed by atoms with Gasteiger partial charge in [0.1, 0.15) is 5.82 Å². The highest BCUT2D eigenvalue weighted by molar-refractivity contribution is 7.84. The number of hydrogen-bond donors (Lipinski definition) is 2. The highest BCUT2D eigenvalue weighted by Crippen LogP contribution is 2.36. The van der Waals surface area contributed by atoms with Gasteiger partial charge in [0, 0.05) is 39.9 Å². The molecule has 0 aliphatic carbocycles. The zero-order valence-electron chi connectivity index (χ0n) is 21.8. The van der Waals surface area contributed by atoms with Crippen LogP contribution in [-0.4, -0.2) is 33.1 Å². The van der Waals surface area contributed by atoms with Gasteiger partial charge in [-0.25, -0.2) is 15.6 Å². The minimum Gasteiger partial charge on any atom is -0.465 e. The number of nitrogens with zero attached hydrogens (tertiary/aromatic N) is 3. The molecule has 0 aliphatic heterocycles. The number of esters is 1. The van der Waals surface area contributed by atoms with E-state index in [0.717, 1.165) is 11.8 Å². The third kappa shape index (κ3) is 5.77.